The second-order valence-electron chi connectivity index (χ2n) is 3.52. The van der Waals surface area contributed by atoms with Crippen LogP contribution in [0.4, 0.5) is 0 Å². The number of aromatic amines is 1. The molecule has 3 N–H and O–H groups in total. The van der Waals surface area contributed by atoms with Crippen LogP contribution < -0.4 is 5.32 Å². The van der Waals surface area contributed by atoms with Crippen molar-refractivity contribution >= 4 is 0 Å². The highest BCUT2D eigenvalue weighted by molar-refractivity contribution is 5.13. The smallest absolute Gasteiger partial charge is 0.0847 e. The van der Waals surface area contributed by atoms with Gasteiger partial charge >= 0.3 is 0 Å². The molecule has 0 unspecified atom stereocenters. The summed E-state index contributed by atoms with van der Waals surface area (Å²) in [5, 5.41) is 19.2. The van der Waals surface area contributed by atoms with Crippen molar-refractivity contribution in [1.29, 1.82) is 0 Å². The van der Waals surface area contributed by atoms with Gasteiger partial charge in [-0.2, -0.15) is 5.10 Å². The minimum Gasteiger partial charge on any atom is -0.390 e. The Kier molecular flexibility index (Phi) is 2.61. The van der Waals surface area contributed by atoms with Crippen LogP contribution in [0.3, 0.4) is 0 Å². The molecule has 4 nitrogen and oxygen atoms in total. The summed E-state index contributed by atoms with van der Waals surface area (Å²) in [6.45, 7) is 2.18. The van der Waals surface area contributed by atoms with Gasteiger partial charge in [-0.25, -0.2) is 0 Å². The summed E-state index contributed by atoms with van der Waals surface area (Å²) >= 11 is 0. The molecule has 0 aromatic carbocycles. The lowest BCUT2D eigenvalue weighted by Crippen LogP contribution is -2.28. The van der Waals surface area contributed by atoms with E-state index in [0.717, 1.165) is 24.5 Å². The van der Waals surface area contributed by atoms with Crippen LogP contribution in [-0.4, -0.2) is 28.4 Å². The van der Waals surface area contributed by atoms with Crippen LogP contribution in [0.15, 0.2) is 6.07 Å². The van der Waals surface area contributed by atoms with E-state index in [-0.39, 0.29) is 6.61 Å². The van der Waals surface area contributed by atoms with Gasteiger partial charge in [0.1, 0.15) is 0 Å². The van der Waals surface area contributed by atoms with E-state index in [1.165, 1.54) is 12.8 Å². The van der Waals surface area contributed by atoms with Crippen molar-refractivity contribution in [3.63, 3.8) is 0 Å². The Morgan fingerprint density at radius 1 is 1.62 bits per heavy atom. The molecular formula is C9H15N3O. The zero-order valence-electron chi connectivity index (χ0n) is 7.58. The molecule has 2 heterocycles. The Balaban J connectivity index is 2.05. The van der Waals surface area contributed by atoms with E-state index in [4.69, 9.17) is 5.11 Å². The Morgan fingerprint density at radius 3 is 3.15 bits per heavy atom. The molecule has 0 spiro atoms. The molecule has 0 saturated carbocycles. The van der Waals surface area contributed by atoms with Crippen molar-refractivity contribution in [3.8, 4) is 0 Å². The predicted octanol–water partition coefficient (Wildman–Crippen LogP) is 0.369. The van der Waals surface area contributed by atoms with Gasteiger partial charge < -0.3 is 10.4 Å². The highest BCUT2D eigenvalue weighted by atomic mass is 16.3. The second-order valence-corrected chi connectivity index (χ2v) is 3.52. The van der Waals surface area contributed by atoms with Crippen LogP contribution in [0.1, 0.15) is 30.1 Å². The molecule has 0 radical (unpaired) electrons. The molecule has 1 atom stereocenters. The molecule has 1 aliphatic heterocycles. The summed E-state index contributed by atoms with van der Waals surface area (Å²) < 4.78 is 0. The number of piperidine rings is 1. The summed E-state index contributed by atoms with van der Waals surface area (Å²) in [5.41, 5.74) is 1.89. The standard InChI is InChI=1S/C9H15N3O/c13-6-8-4-9(12-11-8)7-2-1-3-10-5-7/h4,7,10,13H,1-3,5-6H2,(H,11,12)/t7-/m0/s1. The molecule has 1 aromatic rings. The summed E-state index contributed by atoms with van der Waals surface area (Å²) in [6, 6.07) is 1.96. The third kappa shape index (κ3) is 1.89. The average molecular weight is 181 g/mol. The van der Waals surface area contributed by atoms with Gasteiger partial charge in [0.2, 0.25) is 0 Å². The number of H-pyrrole nitrogens is 1. The largest absolute Gasteiger partial charge is 0.390 e. The number of aliphatic hydroxyl groups excluding tert-OH is 1. The highest BCUT2D eigenvalue weighted by Crippen LogP contribution is 2.21. The molecule has 2 rings (SSSR count). The van der Waals surface area contributed by atoms with Crippen molar-refractivity contribution < 1.29 is 5.11 Å². The van der Waals surface area contributed by atoms with Crippen molar-refractivity contribution in [2.45, 2.75) is 25.4 Å². The molecule has 1 aliphatic rings. The van der Waals surface area contributed by atoms with E-state index >= 15 is 0 Å². The number of rotatable bonds is 2. The lowest BCUT2D eigenvalue weighted by atomic mass is 9.96. The molecule has 0 amide bonds. The zero-order chi connectivity index (χ0) is 9.10. The van der Waals surface area contributed by atoms with E-state index in [2.05, 4.69) is 15.5 Å². The highest BCUT2D eigenvalue weighted by Gasteiger charge is 2.17. The monoisotopic (exact) mass is 181 g/mol. The fourth-order valence-electron chi connectivity index (χ4n) is 1.77. The first-order valence-electron chi connectivity index (χ1n) is 4.76. The van der Waals surface area contributed by atoms with Gasteiger partial charge in [0, 0.05) is 12.5 Å². The number of aromatic nitrogens is 2. The van der Waals surface area contributed by atoms with Gasteiger partial charge in [0.05, 0.1) is 18.0 Å². The van der Waals surface area contributed by atoms with Crippen LogP contribution in [0.25, 0.3) is 0 Å². The third-order valence-corrected chi connectivity index (χ3v) is 2.54. The molecule has 0 bridgehead atoms. The van der Waals surface area contributed by atoms with E-state index in [9.17, 15) is 0 Å². The number of nitrogens with zero attached hydrogens (tertiary/aromatic N) is 1. The number of hydrogen-bond donors (Lipinski definition) is 3. The number of hydrogen-bond acceptors (Lipinski definition) is 3. The Morgan fingerprint density at radius 2 is 2.54 bits per heavy atom. The van der Waals surface area contributed by atoms with Crippen LogP contribution >= 0.6 is 0 Å². The van der Waals surface area contributed by atoms with E-state index < -0.39 is 0 Å². The van der Waals surface area contributed by atoms with E-state index in [1.54, 1.807) is 0 Å². The van der Waals surface area contributed by atoms with Gasteiger partial charge in [0.25, 0.3) is 0 Å². The van der Waals surface area contributed by atoms with Crippen molar-refractivity contribution in [3.05, 3.63) is 17.5 Å². The van der Waals surface area contributed by atoms with Gasteiger partial charge in [-0.3, -0.25) is 5.10 Å². The maximum atomic E-state index is 8.86. The van der Waals surface area contributed by atoms with Crippen molar-refractivity contribution in [1.82, 2.24) is 15.5 Å². The molecule has 0 aliphatic carbocycles. The van der Waals surface area contributed by atoms with E-state index in [1.807, 2.05) is 6.07 Å². The number of nitrogens with one attached hydrogen (secondary N) is 2. The fraction of sp³-hybridized carbons (Fsp3) is 0.667. The topological polar surface area (TPSA) is 60.9 Å². The average Bonchev–Trinajstić information content (AvgIpc) is 2.67. The zero-order valence-corrected chi connectivity index (χ0v) is 7.58. The lowest BCUT2D eigenvalue weighted by Gasteiger charge is -2.20. The lowest BCUT2D eigenvalue weighted by molar-refractivity contribution is 0.276. The van der Waals surface area contributed by atoms with Crippen LogP contribution in [-0.2, 0) is 6.61 Å². The first-order valence-corrected chi connectivity index (χ1v) is 4.76. The van der Waals surface area contributed by atoms with Crippen LogP contribution in [0.5, 0.6) is 0 Å². The second kappa shape index (κ2) is 3.89. The molecule has 1 aromatic heterocycles. The van der Waals surface area contributed by atoms with Gasteiger partial charge in [-0.15, -0.1) is 0 Å². The maximum Gasteiger partial charge on any atom is 0.0847 e. The minimum absolute atomic E-state index is 0.0488. The predicted molar refractivity (Wildman–Crippen MR) is 49.4 cm³/mol. The minimum atomic E-state index is 0.0488. The molecule has 72 valence electrons. The maximum absolute atomic E-state index is 8.86. The van der Waals surface area contributed by atoms with Crippen molar-refractivity contribution in [2.24, 2.45) is 0 Å². The summed E-state index contributed by atoms with van der Waals surface area (Å²) in [7, 11) is 0. The summed E-state index contributed by atoms with van der Waals surface area (Å²) in [4.78, 5) is 0. The van der Waals surface area contributed by atoms with Gasteiger partial charge in [-0.05, 0) is 25.5 Å². The molecule has 4 heteroatoms. The molecule has 1 fully saturated rings. The Bertz CT molecular complexity index is 266. The Hall–Kier alpha value is -0.870. The molecule has 1 saturated heterocycles. The van der Waals surface area contributed by atoms with Crippen LogP contribution in [0, 0.1) is 0 Å². The first-order chi connectivity index (χ1) is 6.40. The SMILES string of the molecule is OCc1cc([C@H]2CCCNC2)n[nH]1. The summed E-state index contributed by atoms with van der Waals surface area (Å²) in [5.74, 6) is 0.519. The van der Waals surface area contributed by atoms with Gasteiger partial charge in [0.15, 0.2) is 0 Å². The third-order valence-electron chi connectivity index (χ3n) is 2.54. The quantitative estimate of drug-likeness (QED) is 0.617. The summed E-state index contributed by atoms with van der Waals surface area (Å²) in [6.07, 6.45) is 2.41. The normalized spacial score (nSPS) is 23.3. The van der Waals surface area contributed by atoms with Crippen molar-refractivity contribution in [2.75, 3.05) is 13.1 Å². The van der Waals surface area contributed by atoms with E-state index in [0.29, 0.717) is 5.92 Å². The number of aliphatic hydroxyl groups is 1. The molecule has 13 heavy (non-hydrogen) atoms. The van der Waals surface area contributed by atoms with Gasteiger partial charge in [-0.1, -0.05) is 0 Å². The molecular weight excluding hydrogens is 166 g/mol. The van der Waals surface area contributed by atoms with Crippen LogP contribution in [0.2, 0.25) is 0 Å². The first kappa shape index (κ1) is 8.72. The fourth-order valence-corrected chi connectivity index (χ4v) is 1.77. The Labute approximate surface area is 77.4 Å².